The molecule has 0 N–H and O–H groups in total. The molecule has 1 aromatic carbocycles. The summed E-state index contributed by atoms with van der Waals surface area (Å²) in [6, 6.07) is 3.76. The molecule has 0 aliphatic carbocycles. The van der Waals surface area contributed by atoms with Crippen LogP contribution in [0, 0.1) is 0 Å². The summed E-state index contributed by atoms with van der Waals surface area (Å²) in [5.74, 6) is 1.19. The molecule has 1 aromatic rings. The first-order chi connectivity index (χ1) is 8.24. The Morgan fingerprint density at radius 2 is 1.94 bits per heavy atom. The lowest BCUT2D eigenvalue weighted by atomic mass is 10.1. The number of benzene rings is 1. The van der Waals surface area contributed by atoms with Crippen LogP contribution in [0.25, 0.3) is 0 Å². The molecule has 5 heteroatoms. The van der Waals surface area contributed by atoms with Crippen LogP contribution < -0.4 is 0 Å². The Morgan fingerprint density at radius 3 is 2.78 bits per heavy atom. The quantitative estimate of drug-likeness (QED) is 0.670. The Balaban J connectivity index is 0.00000120. The van der Waals surface area contributed by atoms with E-state index in [2.05, 4.69) is 4.90 Å². The fraction of sp³-hybridized carbons (Fsp3) is 0.462. The average Bonchev–Trinajstić information content (AvgIpc) is 2.51. The number of hydrogen-bond donors (Lipinski definition) is 0. The molecule has 2 aliphatic heterocycles. The Hall–Kier alpha value is -0.440. The van der Waals surface area contributed by atoms with E-state index < -0.39 is 0 Å². The van der Waals surface area contributed by atoms with Crippen molar-refractivity contribution in [3.8, 4) is 0 Å². The molecule has 0 unspecified atom stereocenters. The van der Waals surface area contributed by atoms with Crippen LogP contribution in [0.2, 0.25) is 10.0 Å². The van der Waals surface area contributed by atoms with Crippen molar-refractivity contribution >= 4 is 47.1 Å². The Kier molecular flexibility index (Phi) is 4.41. The van der Waals surface area contributed by atoms with Crippen LogP contribution in [0.1, 0.15) is 31.2 Å². The minimum Gasteiger partial charge on any atom is -0.356 e. The molecule has 3 rings (SSSR count). The molecule has 0 bridgehead atoms. The predicted octanol–water partition coefficient (Wildman–Crippen LogP) is 4.83. The van der Waals surface area contributed by atoms with Crippen molar-refractivity contribution in [2.24, 2.45) is 4.99 Å². The van der Waals surface area contributed by atoms with E-state index in [1.165, 1.54) is 25.1 Å². The van der Waals surface area contributed by atoms with Crippen LogP contribution in [0.4, 0.5) is 5.69 Å². The molecular weight excluding hydrogens is 291 g/mol. The summed E-state index contributed by atoms with van der Waals surface area (Å²) in [5.41, 5.74) is 2.07. The summed E-state index contributed by atoms with van der Waals surface area (Å²) in [4.78, 5) is 7.08. The molecule has 98 valence electrons. The van der Waals surface area contributed by atoms with Crippen molar-refractivity contribution in [1.29, 1.82) is 0 Å². The van der Waals surface area contributed by atoms with Gasteiger partial charge in [0, 0.05) is 30.1 Å². The van der Waals surface area contributed by atoms with Gasteiger partial charge in [0.1, 0.15) is 5.84 Å². The van der Waals surface area contributed by atoms with Crippen molar-refractivity contribution in [3.63, 3.8) is 0 Å². The third-order valence-corrected chi connectivity index (χ3v) is 3.91. The van der Waals surface area contributed by atoms with Gasteiger partial charge in [-0.05, 0) is 25.0 Å². The minimum absolute atomic E-state index is 0. The summed E-state index contributed by atoms with van der Waals surface area (Å²) >= 11 is 12.2. The summed E-state index contributed by atoms with van der Waals surface area (Å²) in [6.45, 7) is 2.00. The van der Waals surface area contributed by atoms with Gasteiger partial charge >= 0.3 is 0 Å². The molecule has 0 radical (unpaired) electrons. The number of halogens is 3. The van der Waals surface area contributed by atoms with Crippen molar-refractivity contribution in [1.82, 2.24) is 4.90 Å². The number of nitrogens with zero attached hydrogens (tertiary/aromatic N) is 2. The number of amidine groups is 1. The third-order valence-electron chi connectivity index (χ3n) is 3.40. The van der Waals surface area contributed by atoms with E-state index in [0.717, 1.165) is 30.8 Å². The lowest BCUT2D eigenvalue weighted by Crippen LogP contribution is -2.32. The van der Waals surface area contributed by atoms with Crippen LogP contribution in [0.5, 0.6) is 0 Å². The zero-order chi connectivity index (χ0) is 11.8. The number of hydrogen-bond acceptors (Lipinski definition) is 2. The summed E-state index contributed by atoms with van der Waals surface area (Å²) in [6.07, 6.45) is 4.84. The number of fused-ring (bicyclic) bond motifs is 2. The minimum atomic E-state index is 0. The Morgan fingerprint density at radius 1 is 1.11 bits per heavy atom. The highest BCUT2D eigenvalue weighted by Crippen LogP contribution is 2.37. The molecule has 18 heavy (non-hydrogen) atoms. The first-order valence-electron chi connectivity index (χ1n) is 6.04. The third kappa shape index (κ3) is 2.61. The van der Waals surface area contributed by atoms with E-state index in [4.69, 9.17) is 28.2 Å². The maximum absolute atomic E-state index is 6.21. The SMILES string of the molecule is Cl.Clc1cc(Cl)c2c(c1)CN1CCCCCC1=N2. The van der Waals surface area contributed by atoms with Crippen LogP contribution in [-0.2, 0) is 6.54 Å². The van der Waals surface area contributed by atoms with Crippen LogP contribution in [-0.4, -0.2) is 17.3 Å². The van der Waals surface area contributed by atoms with Gasteiger partial charge in [0.25, 0.3) is 0 Å². The van der Waals surface area contributed by atoms with Crippen molar-refractivity contribution in [2.45, 2.75) is 32.2 Å². The fourth-order valence-electron chi connectivity index (χ4n) is 2.55. The van der Waals surface area contributed by atoms with Crippen molar-refractivity contribution in [2.75, 3.05) is 6.54 Å². The Labute approximate surface area is 123 Å². The fourth-order valence-corrected chi connectivity index (χ4v) is 3.12. The van der Waals surface area contributed by atoms with E-state index in [1.54, 1.807) is 6.07 Å². The highest BCUT2D eigenvalue weighted by atomic mass is 35.5. The predicted molar refractivity (Wildman–Crippen MR) is 79.7 cm³/mol. The summed E-state index contributed by atoms with van der Waals surface area (Å²) in [5, 5.41) is 1.37. The van der Waals surface area contributed by atoms with E-state index in [9.17, 15) is 0 Å². The second kappa shape index (κ2) is 5.68. The van der Waals surface area contributed by atoms with Crippen molar-refractivity contribution in [3.05, 3.63) is 27.7 Å². The van der Waals surface area contributed by atoms with Crippen LogP contribution in [0.3, 0.4) is 0 Å². The molecule has 1 saturated heterocycles. The van der Waals surface area contributed by atoms with Crippen LogP contribution in [0.15, 0.2) is 17.1 Å². The smallest absolute Gasteiger partial charge is 0.105 e. The monoisotopic (exact) mass is 304 g/mol. The van der Waals surface area contributed by atoms with Gasteiger partial charge in [0.15, 0.2) is 0 Å². The lowest BCUT2D eigenvalue weighted by Gasteiger charge is -2.29. The molecule has 2 aliphatic rings. The zero-order valence-electron chi connectivity index (χ0n) is 9.96. The molecular formula is C13H15Cl3N2. The molecule has 0 spiro atoms. The molecule has 2 heterocycles. The maximum atomic E-state index is 6.21. The normalized spacial score (nSPS) is 18.1. The van der Waals surface area contributed by atoms with Crippen molar-refractivity contribution < 1.29 is 0 Å². The molecule has 1 fully saturated rings. The molecule has 0 aromatic heterocycles. The van der Waals surface area contributed by atoms with Gasteiger partial charge in [-0.2, -0.15) is 0 Å². The second-order valence-corrected chi connectivity index (χ2v) is 5.50. The topological polar surface area (TPSA) is 15.6 Å². The highest BCUT2D eigenvalue weighted by molar-refractivity contribution is 6.36. The van der Waals surface area contributed by atoms with Gasteiger partial charge in [-0.1, -0.05) is 29.6 Å². The van der Waals surface area contributed by atoms with E-state index >= 15 is 0 Å². The van der Waals surface area contributed by atoms with Crippen LogP contribution >= 0.6 is 35.6 Å². The van der Waals surface area contributed by atoms with Gasteiger partial charge in [0.2, 0.25) is 0 Å². The van der Waals surface area contributed by atoms with Gasteiger partial charge in [-0.15, -0.1) is 12.4 Å². The first-order valence-corrected chi connectivity index (χ1v) is 6.80. The molecule has 0 atom stereocenters. The first kappa shape index (κ1) is 14.0. The molecule has 2 nitrogen and oxygen atoms in total. The number of rotatable bonds is 0. The van der Waals surface area contributed by atoms with Gasteiger partial charge in [-0.25, -0.2) is 4.99 Å². The van der Waals surface area contributed by atoms with Gasteiger partial charge < -0.3 is 4.90 Å². The molecule has 0 amide bonds. The second-order valence-electron chi connectivity index (χ2n) is 4.66. The maximum Gasteiger partial charge on any atom is 0.105 e. The number of aliphatic imine (C=N–C) groups is 1. The standard InChI is InChI=1S/C13H14Cl2N2.ClH/c14-10-6-9-8-17-5-3-1-2-4-12(17)16-13(9)11(15)7-10;/h6-7H,1-5,8H2;1H. The molecule has 0 saturated carbocycles. The highest BCUT2D eigenvalue weighted by Gasteiger charge is 2.22. The van der Waals surface area contributed by atoms with E-state index in [-0.39, 0.29) is 12.4 Å². The van der Waals surface area contributed by atoms with Gasteiger partial charge in [-0.3, -0.25) is 0 Å². The zero-order valence-corrected chi connectivity index (χ0v) is 12.3. The largest absolute Gasteiger partial charge is 0.356 e. The average molecular weight is 306 g/mol. The lowest BCUT2D eigenvalue weighted by molar-refractivity contribution is 0.403. The van der Waals surface area contributed by atoms with Gasteiger partial charge in [0.05, 0.1) is 10.7 Å². The summed E-state index contributed by atoms with van der Waals surface area (Å²) in [7, 11) is 0. The van der Waals surface area contributed by atoms with E-state index in [1.807, 2.05) is 6.07 Å². The Bertz CT molecular complexity index is 485. The summed E-state index contributed by atoms with van der Waals surface area (Å²) < 4.78 is 0. The van der Waals surface area contributed by atoms with E-state index in [0.29, 0.717) is 10.0 Å².